The number of halogens is 1. The van der Waals surface area contributed by atoms with Gasteiger partial charge in [-0.05, 0) is 43.5 Å². The molecule has 1 aromatic rings. The van der Waals surface area contributed by atoms with Crippen LogP contribution in [0.25, 0.3) is 0 Å². The largest absolute Gasteiger partial charge is 0.341 e. The molecule has 2 saturated heterocycles. The van der Waals surface area contributed by atoms with E-state index in [2.05, 4.69) is 0 Å². The molecule has 2 atom stereocenters. The molecule has 0 N–H and O–H groups in total. The molecule has 2 heterocycles. The summed E-state index contributed by atoms with van der Waals surface area (Å²) in [5.41, 5.74) is 0. The molecule has 27 heavy (non-hydrogen) atoms. The summed E-state index contributed by atoms with van der Waals surface area (Å²) in [6.07, 6.45) is 1.50. The smallest absolute Gasteiger partial charge is 0.243 e. The lowest BCUT2D eigenvalue weighted by atomic mass is 9.97. The van der Waals surface area contributed by atoms with Crippen molar-refractivity contribution in [1.29, 1.82) is 0 Å². The Bertz CT molecular complexity index is 915. The first-order valence-corrected chi connectivity index (χ1v) is 12.1. The third kappa shape index (κ3) is 4.33. The number of carbonyl (C=O) groups is 1. The van der Waals surface area contributed by atoms with Crippen molar-refractivity contribution >= 4 is 25.8 Å². The van der Waals surface area contributed by atoms with Gasteiger partial charge in [0, 0.05) is 26.2 Å². The zero-order valence-corrected chi connectivity index (χ0v) is 16.7. The van der Waals surface area contributed by atoms with Crippen molar-refractivity contribution < 1.29 is 26.0 Å². The summed E-state index contributed by atoms with van der Waals surface area (Å²) in [4.78, 5) is 14.3. The van der Waals surface area contributed by atoms with Gasteiger partial charge in [0.05, 0.1) is 22.3 Å². The molecule has 3 rings (SSSR count). The molecule has 0 radical (unpaired) electrons. The van der Waals surface area contributed by atoms with E-state index in [-0.39, 0.29) is 34.9 Å². The number of hydrogen-bond donors (Lipinski definition) is 0. The van der Waals surface area contributed by atoms with E-state index in [1.165, 1.54) is 21.3 Å². The van der Waals surface area contributed by atoms with Crippen LogP contribution >= 0.6 is 0 Å². The Morgan fingerprint density at radius 3 is 2.48 bits per heavy atom. The SMILES string of the molecule is CN(C(=O)[C@H]1CCCN(S(=O)(=O)c2ccc(F)cc2)C1)[C@H]1CCS(=O)(=O)C1. The fourth-order valence-electron chi connectivity index (χ4n) is 3.67. The fraction of sp³-hybridized carbons (Fsp3) is 0.588. The van der Waals surface area contributed by atoms with E-state index in [1.54, 1.807) is 7.05 Å². The number of nitrogens with zero attached hydrogens (tertiary/aromatic N) is 2. The minimum absolute atomic E-state index is 0.00719. The molecular formula is C17H23FN2O5S2. The normalized spacial score (nSPS) is 26.0. The lowest BCUT2D eigenvalue weighted by Gasteiger charge is -2.34. The van der Waals surface area contributed by atoms with E-state index in [1.807, 2.05) is 0 Å². The number of sulfonamides is 1. The number of benzene rings is 1. The molecule has 0 aliphatic carbocycles. The maximum absolute atomic E-state index is 13.1. The summed E-state index contributed by atoms with van der Waals surface area (Å²) in [6.45, 7) is 0.341. The fourth-order valence-corrected chi connectivity index (χ4v) is 6.96. The first kappa shape index (κ1) is 20.2. The number of piperidine rings is 1. The highest BCUT2D eigenvalue weighted by molar-refractivity contribution is 7.91. The number of sulfone groups is 1. The van der Waals surface area contributed by atoms with Gasteiger partial charge >= 0.3 is 0 Å². The van der Waals surface area contributed by atoms with E-state index in [9.17, 15) is 26.0 Å². The van der Waals surface area contributed by atoms with E-state index < -0.39 is 31.6 Å². The molecule has 1 amide bonds. The highest BCUT2D eigenvalue weighted by Gasteiger charge is 2.38. The number of amides is 1. The predicted octanol–water partition coefficient (Wildman–Crippen LogP) is 0.872. The van der Waals surface area contributed by atoms with Crippen LogP contribution in [0.2, 0.25) is 0 Å². The van der Waals surface area contributed by atoms with E-state index in [0.29, 0.717) is 25.8 Å². The summed E-state index contributed by atoms with van der Waals surface area (Å²) >= 11 is 0. The molecule has 2 fully saturated rings. The quantitative estimate of drug-likeness (QED) is 0.724. The van der Waals surface area contributed by atoms with Crippen LogP contribution in [0, 0.1) is 11.7 Å². The third-order valence-electron chi connectivity index (χ3n) is 5.29. The van der Waals surface area contributed by atoms with Crippen LogP contribution in [0.5, 0.6) is 0 Å². The zero-order valence-electron chi connectivity index (χ0n) is 15.0. The molecule has 2 aliphatic heterocycles. The van der Waals surface area contributed by atoms with Crippen LogP contribution in [0.4, 0.5) is 4.39 Å². The minimum atomic E-state index is -3.81. The van der Waals surface area contributed by atoms with Gasteiger partial charge in [-0.3, -0.25) is 4.79 Å². The highest BCUT2D eigenvalue weighted by atomic mass is 32.2. The second-order valence-electron chi connectivity index (χ2n) is 7.16. The van der Waals surface area contributed by atoms with Crippen LogP contribution in [-0.2, 0) is 24.7 Å². The molecule has 2 aliphatic rings. The third-order valence-corrected chi connectivity index (χ3v) is 8.92. The maximum Gasteiger partial charge on any atom is 0.243 e. The summed E-state index contributed by atoms with van der Waals surface area (Å²) in [7, 11) is -5.33. The van der Waals surface area contributed by atoms with Gasteiger partial charge in [-0.25, -0.2) is 21.2 Å². The number of rotatable bonds is 4. The molecule has 0 aromatic heterocycles. The first-order valence-electron chi connectivity index (χ1n) is 8.83. The Labute approximate surface area is 159 Å². The monoisotopic (exact) mass is 418 g/mol. The van der Waals surface area contributed by atoms with Crippen LogP contribution in [0.15, 0.2) is 29.2 Å². The van der Waals surface area contributed by atoms with Gasteiger partial charge < -0.3 is 4.90 Å². The van der Waals surface area contributed by atoms with Gasteiger partial charge in [-0.2, -0.15) is 4.31 Å². The molecule has 7 nitrogen and oxygen atoms in total. The zero-order chi connectivity index (χ0) is 19.8. The molecule has 0 bridgehead atoms. The number of hydrogen-bond acceptors (Lipinski definition) is 5. The Balaban J connectivity index is 1.72. The van der Waals surface area contributed by atoms with Gasteiger partial charge in [0.1, 0.15) is 5.82 Å². The standard InChI is InChI=1S/C17H23FN2O5S2/c1-19(15-8-10-26(22,23)12-15)17(21)13-3-2-9-20(11-13)27(24,25)16-6-4-14(18)5-7-16/h4-7,13,15H,2-3,8-12H2,1H3/t13-,15-/m0/s1. The average molecular weight is 419 g/mol. The van der Waals surface area contributed by atoms with Crippen molar-refractivity contribution in [3.8, 4) is 0 Å². The van der Waals surface area contributed by atoms with Crippen molar-refractivity contribution in [3.05, 3.63) is 30.1 Å². The van der Waals surface area contributed by atoms with Gasteiger partial charge in [0.15, 0.2) is 9.84 Å². The molecule has 0 spiro atoms. The maximum atomic E-state index is 13.1. The van der Waals surface area contributed by atoms with Crippen molar-refractivity contribution in [2.24, 2.45) is 5.92 Å². The molecule has 0 unspecified atom stereocenters. The summed E-state index contributed by atoms with van der Waals surface area (Å²) < 4.78 is 63.2. The van der Waals surface area contributed by atoms with Crippen molar-refractivity contribution in [3.63, 3.8) is 0 Å². The predicted molar refractivity (Wildman–Crippen MR) is 97.7 cm³/mol. The van der Waals surface area contributed by atoms with Crippen LogP contribution < -0.4 is 0 Å². The van der Waals surface area contributed by atoms with Crippen molar-refractivity contribution in [2.75, 3.05) is 31.6 Å². The topological polar surface area (TPSA) is 91.8 Å². The molecule has 0 saturated carbocycles. The minimum Gasteiger partial charge on any atom is -0.341 e. The molecule has 150 valence electrons. The Kier molecular flexibility index (Phi) is 5.60. The van der Waals surface area contributed by atoms with E-state index >= 15 is 0 Å². The summed E-state index contributed by atoms with van der Waals surface area (Å²) in [5, 5.41) is 0. The Morgan fingerprint density at radius 2 is 1.89 bits per heavy atom. The van der Waals surface area contributed by atoms with Gasteiger partial charge in [-0.1, -0.05) is 0 Å². The Morgan fingerprint density at radius 1 is 1.22 bits per heavy atom. The lowest BCUT2D eigenvalue weighted by molar-refractivity contribution is -0.137. The number of carbonyl (C=O) groups excluding carboxylic acids is 1. The summed E-state index contributed by atoms with van der Waals surface area (Å²) in [5.74, 6) is -1.22. The van der Waals surface area contributed by atoms with Crippen LogP contribution in [0.1, 0.15) is 19.3 Å². The molecular weight excluding hydrogens is 395 g/mol. The van der Waals surface area contributed by atoms with Gasteiger partial charge in [0.2, 0.25) is 15.9 Å². The summed E-state index contributed by atoms with van der Waals surface area (Å²) in [6, 6.07) is 4.25. The van der Waals surface area contributed by atoms with Gasteiger partial charge in [0.25, 0.3) is 0 Å². The Hall–Kier alpha value is -1.52. The van der Waals surface area contributed by atoms with Crippen molar-refractivity contribution in [2.45, 2.75) is 30.2 Å². The van der Waals surface area contributed by atoms with E-state index in [4.69, 9.17) is 0 Å². The van der Waals surface area contributed by atoms with E-state index in [0.717, 1.165) is 12.1 Å². The highest BCUT2D eigenvalue weighted by Crippen LogP contribution is 2.26. The lowest BCUT2D eigenvalue weighted by Crippen LogP contribution is -2.48. The van der Waals surface area contributed by atoms with Crippen LogP contribution in [-0.4, -0.2) is 69.6 Å². The van der Waals surface area contributed by atoms with Crippen LogP contribution in [0.3, 0.4) is 0 Å². The second kappa shape index (κ2) is 7.48. The van der Waals surface area contributed by atoms with Gasteiger partial charge in [-0.15, -0.1) is 0 Å². The first-order chi connectivity index (χ1) is 12.6. The molecule has 10 heteroatoms. The molecule has 1 aromatic carbocycles. The average Bonchev–Trinajstić information content (AvgIpc) is 3.01. The second-order valence-corrected chi connectivity index (χ2v) is 11.3. The van der Waals surface area contributed by atoms with Crippen molar-refractivity contribution in [1.82, 2.24) is 9.21 Å².